The Hall–Kier alpha value is -3.26. The molecule has 8 heteroatoms. The molecule has 1 aliphatic carbocycles. The summed E-state index contributed by atoms with van der Waals surface area (Å²) in [7, 11) is 1.38. The lowest BCUT2D eigenvalue weighted by Crippen LogP contribution is -2.25. The first-order valence-electron chi connectivity index (χ1n) is 11.5. The zero-order chi connectivity index (χ0) is 23.7. The first-order chi connectivity index (χ1) is 16.5. The molecule has 2 aromatic heterocycles. The molecule has 0 radical (unpaired) electrons. The van der Waals surface area contributed by atoms with Crippen LogP contribution in [-0.2, 0) is 16.1 Å². The van der Waals surface area contributed by atoms with Crippen LogP contribution in [0.15, 0.2) is 63.0 Å². The number of aromatic nitrogens is 3. The number of carbonyl (C=O) groups is 1. The standard InChI is InChI=1S/C26H25BrN4O3/c1-34-24(32)16-30-15-18(20-9-5-6-10-23(20)30)14-28-31-25(17-7-3-2-4-8-17)29-22-12-11-19(27)13-21(22)26(31)33/h5-6,9-15,17H,2-4,7-8,16H2,1H3. The van der Waals surface area contributed by atoms with Gasteiger partial charge in [-0.2, -0.15) is 9.78 Å². The summed E-state index contributed by atoms with van der Waals surface area (Å²) >= 11 is 3.46. The van der Waals surface area contributed by atoms with Gasteiger partial charge in [0.05, 0.1) is 24.2 Å². The van der Waals surface area contributed by atoms with Crippen molar-refractivity contribution in [2.45, 2.75) is 44.6 Å². The third kappa shape index (κ3) is 4.30. The molecule has 1 saturated carbocycles. The number of esters is 1. The van der Waals surface area contributed by atoms with Crippen LogP contribution < -0.4 is 5.56 Å². The van der Waals surface area contributed by atoms with E-state index < -0.39 is 0 Å². The van der Waals surface area contributed by atoms with Gasteiger partial charge in [-0.3, -0.25) is 9.59 Å². The first-order valence-corrected chi connectivity index (χ1v) is 12.3. The Bertz CT molecular complexity index is 1460. The minimum atomic E-state index is -0.329. The molecule has 174 valence electrons. The van der Waals surface area contributed by atoms with E-state index in [-0.39, 0.29) is 24.0 Å². The fraction of sp³-hybridized carbons (Fsp3) is 0.308. The topological polar surface area (TPSA) is 78.5 Å². The van der Waals surface area contributed by atoms with Crippen molar-refractivity contribution in [1.82, 2.24) is 14.2 Å². The zero-order valence-corrected chi connectivity index (χ0v) is 20.5. The van der Waals surface area contributed by atoms with Gasteiger partial charge in [-0.25, -0.2) is 4.98 Å². The molecule has 0 atom stereocenters. The van der Waals surface area contributed by atoms with Crippen molar-refractivity contribution in [3.63, 3.8) is 0 Å². The molecule has 1 fully saturated rings. The molecule has 0 unspecified atom stereocenters. The lowest BCUT2D eigenvalue weighted by atomic mass is 9.88. The molecular formula is C26H25BrN4O3. The summed E-state index contributed by atoms with van der Waals surface area (Å²) in [5.41, 5.74) is 2.22. The van der Waals surface area contributed by atoms with Gasteiger partial charge in [0.1, 0.15) is 12.4 Å². The molecular weight excluding hydrogens is 496 g/mol. The van der Waals surface area contributed by atoms with E-state index in [9.17, 15) is 9.59 Å². The minimum absolute atomic E-state index is 0.101. The van der Waals surface area contributed by atoms with Crippen LogP contribution in [0.2, 0.25) is 0 Å². The van der Waals surface area contributed by atoms with Crippen molar-refractivity contribution in [1.29, 1.82) is 0 Å². The summed E-state index contributed by atoms with van der Waals surface area (Å²) < 4.78 is 8.97. The molecule has 0 bridgehead atoms. The fourth-order valence-electron chi connectivity index (χ4n) is 4.74. The largest absolute Gasteiger partial charge is 0.468 e. The molecule has 4 aromatic rings. The van der Waals surface area contributed by atoms with Crippen LogP contribution in [0.3, 0.4) is 0 Å². The molecule has 0 saturated heterocycles. The average molecular weight is 521 g/mol. The van der Waals surface area contributed by atoms with Crippen molar-refractivity contribution in [2.75, 3.05) is 7.11 Å². The van der Waals surface area contributed by atoms with E-state index in [1.165, 1.54) is 18.2 Å². The van der Waals surface area contributed by atoms with Crippen molar-refractivity contribution in [3.05, 3.63) is 74.9 Å². The summed E-state index contributed by atoms with van der Waals surface area (Å²) in [5.74, 6) is 0.589. The number of rotatable bonds is 5. The van der Waals surface area contributed by atoms with Crippen LogP contribution in [0.4, 0.5) is 0 Å². The Morgan fingerprint density at radius 3 is 2.76 bits per heavy atom. The lowest BCUT2D eigenvalue weighted by molar-refractivity contribution is -0.141. The van der Waals surface area contributed by atoms with Crippen molar-refractivity contribution in [2.24, 2.45) is 5.10 Å². The number of benzene rings is 2. The maximum atomic E-state index is 13.5. The Labute approximate surface area is 205 Å². The summed E-state index contributed by atoms with van der Waals surface area (Å²) in [6.07, 6.45) is 9.03. The highest BCUT2D eigenvalue weighted by atomic mass is 79.9. The lowest BCUT2D eigenvalue weighted by Gasteiger charge is -2.22. The van der Waals surface area contributed by atoms with Gasteiger partial charge in [0, 0.05) is 33.1 Å². The first kappa shape index (κ1) is 22.5. The van der Waals surface area contributed by atoms with E-state index in [4.69, 9.17) is 9.72 Å². The van der Waals surface area contributed by atoms with E-state index in [0.717, 1.165) is 46.6 Å². The monoisotopic (exact) mass is 520 g/mol. The molecule has 5 rings (SSSR count). The highest BCUT2D eigenvalue weighted by Gasteiger charge is 2.22. The van der Waals surface area contributed by atoms with E-state index in [0.29, 0.717) is 16.7 Å². The second kappa shape index (κ2) is 9.54. The van der Waals surface area contributed by atoms with Crippen molar-refractivity contribution < 1.29 is 9.53 Å². The fourth-order valence-corrected chi connectivity index (χ4v) is 5.10. The second-order valence-electron chi connectivity index (χ2n) is 8.63. The highest BCUT2D eigenvalue weighted by molar-refractivity contribution is 9.10. The van der Waals surface area contributed by atoms with Gasteiger partial charge in [0.15, 0.2) is 0 Å². The molecule has 0 aliphatic heterocycles. The van der Waals surface area contributed by atoms with Crippen LogP contribution in [0, 0.1) is 0 Å². The van der Waals surface area contributed by atoms with Crippen molar-refractivity contribution in [3.8, 4) is 0 Å². The number of halogens is 1. The molecule has 2 aromatic carbocycles. The smallest absolute Gasteiger partial charge is 0.325 e. The number of hydrogen-bond acceptors (Lipinski definition) is 5. The summed E-state index contributed by atoms with van der Waals surface area (Å²) in [5, 5.41) is 6.14. The number of methoxy groups -OCH3 is 1. The van der Waals surface area contributed by atoms with E-state index in [2.05, 4.69) is 21.0 Å². The average Bonchev–Trinajstić information content (AvgIpc) is 3.21. The Balaban J connectivity index is 1.64. The molecule has 0 spiro atoms. The van der Waals surface area contributed by atoms with Gasteiger partial charge in [0.25, 0.3) is 5.56 Å². The molecule has 0 N–H and O–H groups in total. The second-order valence-corrected chi connectivity index (χ2v) is 9.55. The zero-order valence-electron chi connectivity index (χ0n) is 18.9. The Morgan fingerprint density at radius 2 is 1.97 bits per heavy atom. The number of para-hydroxylation sites is 1. The minimum Gasteiger partial charge on any atom is -0.468 e. The Morgan fingerprint density at radius 1 is 1.18 bits per heavy atom. The molecule has 2 heterocycles. The number of fused-ring (bicyclic) bond motifs is 2. The third-order valence-electron chi connectivity index (χ3n) is 6.46. The van der Waals surface area contributed by atoms with Crippen LogP contribution in [-0.4, -0.2) is 33.5 Å². The maximum absolute atomic E-state index is 13.5. The summed E-state index contributed by atoms with van der Waals surface area (Å²) in [6.45, 7) is 0.101. The third-order valence-corrected chi connectivity index (χ3v) is 6.96. The van der Waals surface area contributed by atoms with Gasteiger partial charge in [-0.1, -0.05) is 53.4 Å². The van der Waals surface area contributed by atoms with Gasteiger partial charge in [0.2, 0.25) is 0 Å². The Kier molecular flexibility index (Phi) is 6.32. The van der Waals surface area contributed by atoms with Crippen molar-refractivity contribution >= 4 is 49.9 Å². The number of nitrogens with zero attached hydrogens (tertiary/aromatic N) is 4. The van der Waals surface area contributed by atoms with Gasteiger partial charge in [-0.05, 0) is 37.1 Å². The number of hydrogen-bond donors (Lipinski definition) is 0. The van der Waals surface area contributed by atoms with Crippen LogP contribution in [0.1, 0.15) is 49.4 Å². The molecule has 0 amide bonds. The predicted octanol–water partition coefficient (Wildman–Crippen LogP) is 5.22. The predicted molar refractivity (Wildman–Crippen MR) is 136 cm³/mol. The van der Waals surface area contributed by atoms with Gasteiger partial charge in [-0.15, -0.1) is 0 Å². The van der Waals surface area contributed by atoms with Gasteiger partial charge < -0.3 is 9.30 Å². The van der Waals surface area contributed by atoms with E-state index >= 15 is 0 Å². The van der Waals surface area contributed by atoms with E-state index in [1.54, 1.807) is 12.3 Å². The number of carbonyl (C=O) groups excluding carboxylic acids is 1. The SMILES string of the molecule is COC(=O)Cn1cc(C=Nn2c(C3CCCCC3)nc3ccc(Br)cc3c2=O)c2ccccc21. The molecule has 7 nitrogen and oxygen atoms in total. The van der Waals surface area contributed by atoms with Crippen LogP contribution >= 0.6 is 15.9 Å². The number of ether oxygens (including phenoxy) is 1. The molecule has 34 heavy (non-hydrogen) atoms. The molecule has 1 aliphatic rings. The quantitative estimate of drug-likeness (QED) is 0.267. The highest BCUT2D eigenvalue weighted by Crippen LogP contribution is 2.32. The van der Waals surface area contributed by atoms with E-state index in [1.807, 2.05) is 47.2 Å². The van der Waals surface area contributed by atoms with Gasteiger partial charge >= 0.3 is 5.97 Å². The van der Waals surface area contributed by atoms with Crippen LogP contribution in [0.25, 0.3) is 21.8 Å². The summed E-state index contributed by atoms with van der Waals surface area (Å²) in [4.78, 5) is 30.3. The van der Waals surface area contributed by atoms with Crippen LogP contribution in [0.5, 0.6) is 0 Å². The summed E-state index contributed by atoms with van der Waals surface area (Å²) in [6, 6.07) is 13.4. The normalized spacial score (nSPS) is 14.9. The maximum Gasteiger partial charge on any atom is 0.325 e.